The maximum absolute atomic E-state index is 13.0. The van der Waals surface area contributed by atoms with Crippen molar-refractivity contribution in [2.45, 2.75) is 6.61 Å². The van der Waals surface area contributed by atoms with Gasteiger partial charge in [-0.2, -0.15) is 0 Å². The predicted molar refractivity (Wildman–Crippen MR) is 151 cm³/mol. The minimum absolute atomic E-state index is 0.0309. The van der Waals surface area contributed by atoms with Gasteiger partial charge in [0.15, 0.2) is 11.5 Å². The molecule has 0 aliphatic carbocycles. The number of imide groups is 1. The van der Waals surface area contributed by atoms with Crippen molar-refractivity contribution in [3.05, 3.63) is 96.3 Å². The van der Waals surface area contributed by atoms with Crippen LogP contribution >= 0.6 is 39.3 Å². The Morgan fingerprint density at radius 3 is 2.56 bits per heavy atom. The molecule has 0 aromatic heterocycles. The first-order valence-electron chi connectivity index (χ1n) is 11.2. The van der Waals surface area contributed by atoms with Crippen LogP contribution in [-0.4, -0.2) is 40.5 Å². The number of benzene rings is 3. The van der Waals surface area contributed by atoms with E-state index in [2.05, 4.69) is 21.2 Å². The fourth-order valence-corrected chi connectivity index (χ4v) is 4.80. The third-order valence-electron chi connectivity index (χ3n) is 5.41. The number of nitrogens with zero attached hydrogens (tertiary/aromatic N) is 2. The van der Waals surface area contributed by atoms with Crippen LogP contribution in [0.3, 0.4) is 0 Å². The molecule has 1 aliphatic rings. The molecule has 10 nitrogen and oxygen atoms in total. The molecule has 3 aromatic rings. The molecule has 1 aliphatic heterocycles. The summed E-state index contributed by atoms with van der Waals surface area (Å²) in [5.74, 6) is -1.03. The Labute approximate surface area is 240 Å². The number of methoxy groups -OCH3 is 1. The quantitative estimate of drug-likeness (QED) is 0.166. The monoisotopic (exact) mass is 631 g/mol. The van der Waals surface area contributed by atoms with Crippen molar-refractivity contribution in [3.8, 4) is 11.5 Å². The standard InChI is InChI=1S/C26H19BrClN3O7S/c1-37-21-9-16(20(31(35)36)12-22(21)38-14-15-5-3-2-4-6-15)10-23-25(33)30(26(34)39-23)13-24(32)29-17-7-8-18(27)19(28)11-17/h2-12H,13-14H2,1H3,(H,29,32)/b23-10+. The highest BCUT2D eigenvalue weighted by Crippen LogP contribution is 2.39. The number of carbonyl (C=O) groups excluding carboxylic acids is 3. The second-order valence-electron chi connectivity index (χ2n) is 8.04. The SMILES string of the molecule is COc1cc(/C=C2/SC(=O)N(CC(=O)Nc3ccc(Br)c(Cl)c3)C2=O)c([N+](=O)[O-])cc1OCc1ccccc1. The number of ether oxygens (including phenoxy) is 2. The van der Waals surface area contributed by atoms with E-state index in [1.54, 1.807) is 12.1 Å². The van der Waals surface area contributed by atoms with E-state index < -0.39 is 28.5 Å². The minimum Gasteiger partial charge on any atom is -0.493 e. The molecule has 1 heterocycles. The van der Waals surface area contributed by atoms with Gasteiger partial charge >= 0.3 is 0 Å². The summed E-state index contributed by atoms with van der Waals surface area (Å²) in [5.41, 5.74) is 0.916. The second kappa shape index (κ2) is 12.3. The first kappa shape index (κ1) is 28.1. The van der Waals surface area contributed by atoms with Crippen LogP contribution in [0.5, 0.6) is 11.5 Å². The van der Waals surface area contributed by atoms with Gasteiger partial charge in [-0.05, 0) is 63.6 Å². The number of rotatable bonds is 9. The van der Waals surface area contributed by atoms with Crippen molar-refractivity contribution in [1.82, 2.24) is 4.90 Å². The van der Waals surface area contributed by atoms with Crippen LogP contribution in [0.4, 0.5) is 16.2 Å². The van der Waals surface area contributed by atoms with Crippen molar-refractivity contribution >= 4 is 73.8 Å². The average molecular weight is 633 g/mol. The van der Waals surface area contributed by atoms with Crippen LogP contribution in [0.15, 0.2) is 70.0 Å². The molecular formula is C26H19BrClN3O7S. The molecule has 13 heteroatoms. The number of thioether (sulfide) groups is 1. The van der Waals surface area contributed by atoms with Gasteiger partial charge in [-0.25, -0.2) is 0 Å². The normalized spacial score (nSPS) is 14.0. The average Bonchev–Trinajstić information content (AvgIpc) is 3.17. The van der Waals surface area contributed by atoms with Crippen LogP contribution in [0, 0.1) is 10.1 Å². The van der Waals surface area contributed by atoms with Crippen LogP contribution in [0.25, 0.3) is 6.08 Å². The summed E-state index contributed by atoms with van der Waals surface area (Å²) in [6.07, 6.45) is 1.22. The summed E-state index contributed by atoms with van der Waals surface area (Å²) < 4.78 is 11.7. The van der Waals surface area contributed by atoms with Gasteiger partial charge in [0.2, 0.25) is 5.91 Å². The minimum atomic E-state index is -0.758. The topological polar surface area (TPSA) is 128 Å². The van der Waals surface area contributed by atoms with Crippen molar-refractivity contribution in [1.29, 1.82) is 0 Å². The molecule has 1 saturated heterocycles. The first-order chi connectivity index (χ1) is 18.7. The van der Waals surface area contributed by atoms with E-state index >= 15 is 0 Å². The lowest BCUT2D eigenvalue weighted by Gasteiger charge is -2.13. The molecule has 4 rings (SSSR count). The van der Waals surface area contributed by atoms with Gasteiger partial charge in [0.25, 0.3) is 16.8 Å². The van der Waals surface area contributed by atoms with Crippen molar-refractivity contribution in [3.63, 3.8) is 0 Å². The van der Waals surface area contributed by atoms with E-state index in [-0.39, 0.29) is 34.3 Å². The maximum atomic E-state index is 13.0. The number of halogens is 2. The molecule has 1 N–H and O–H groups in total. The Morgan fingerprint density at radius 1 is 1.15 bits per heavy atom. The largest absolute Gasteiger partial charge is 0.493 e. The van der Waals surface area contributed by atoms with Crippen molar-refractivity contribution in [2.75, 3.05) is 19.0 Å². The fourth-order valence-electron chi connectivity index (χ4n) is 3.54. The smallest absolute Gasteiger partial charge is 0.294 e. The Balaban J connectivity index is 1.54. The number of nitro groups is 1. The lowest BCUT2D eigenvalue weighted by Crippen LogP contribution is -2.36. The number of carbonyl (C=O) groups is 3. The van der Waals surface area contributed by atoms with Crippen LogP contribution in [0.1, 0.15) is 11.1 Å². The lowest BCUT2D eigenvalue weighted by atomic mass is 10.1. The van der Waals surface area contributed by atoms with Crippen LogP contribution < -0.4 is 14.8 Å². The third-order valence-corrected chi connectivity index (χ3v) is 7.55. The number of amides is 3. The lowest BCUT2D eigenvalue weighted by molar-refractivity contribution is -0.385. The zero-order valence-electron chi connectivity index (χ0n) is 20.2. The van der Waals surface area contributed by atoms with Gasteiger partial charge in [0.05, 0.1) is 33.6 Å². The summed E-state index contributed by atoms with van der Waals surface area (Å²) in [5, 5.41) is 14.1. The summed E-state index contributed by atoms with van der Waals surface area (Å²) in [7, 11) is 1.38. The highest BCUT2D eigenvalue weighted by atomic mass is 79.9. The summed E-state index contributed by atoms with van der Waals surface area (Å²) in [6, 6.07) is 16.5. The fraction of sp³-hybridized carbons (Fsp3) is 0.115. The van der Waals surface area contributed by atoms with E-state index in [1.807, 2.05) is 30.3 Å². The molecule has 1 fully saturated rings. The zero-order chi connectivity index (χ0) is 28.1. The molecule has 0 bridgehead atoms. The molecule has 39 heavy (non-hydrogen) atoms. The number of hydrogen-bond acceptors (Lipinski definition) is 8. The number of hydrogen-bond donors (Lipinski definition) is 1. The molecule has 200 valence electrons. The van der Waals surface area contributed by atoms with Gasteiger partial charge in [-0.3, -0.25) is 29.4 Å². The molecule has 0 radical (unpaired) electrons. The van der Waals surface area contributed by atoms with Gasteiger partial charge in [-0.15, -0.1) is 0 Å². The van der Waals surface area contributed by atoms with Crippen LogP contribution in [-0.2, 0) is 16.2 Å². The number of anilines is 1. The first-order valence-corrected chi connectivity index (χ1v) is 13.2. The highest BCUT2D eigenvalue weighted by Gasteiger charge is 2.37. The Hall–Kier alpha value is -3.87. The second-order valence-corrected chi connectivity index (χ2v) is 10.3. The van der Waals surface area contributed by atoms with E-state index in [0.29, 0.717) is 26.9 Å². The molecule has 3 aromatic carbocycles. The number of nitro benzene ring substituents is 1. The van der Waals surface area contributed by atoms with Crippen molar-refractivity contribution < 1.29 is 28.8 Å². The highest BCUT2D eigenvalue weighted by molar-refractivity contribution is 9.10. The molecule has 0 unspecified atom stereocenters. The summed E-state index contributed by atoms with van der Waals surface area (Å²) in [4.78, 5) is 49.9. The van der Waals surface area contributed by atoms with Gasteiger partial charge < -0.3 is 14.8 Å². The molecule has 0 saturated carbocycles. The predicted octanol–water partition coefficient (Wildman–Crippen LogP) is 6.27. The molecule has 0 atom stereocenters. The van der Waals surface area contributed by atoms with Gasteiger partial charge in [0.1, 0.15) is 13.2 Å². The number of nitrogens with one attached hydrogen (secondary N) is 1. The maximum Gasteiger partial charge on any atom is 0.294 e. The van der Waals surface area contributed by atoms with Gasteiger partial charge in [-0.1, -0.05) is 41.9 Å². The Kier molecular flexibility index (Phi) is 8.90. The molecule has 3 amide bonds. The van der Waals surface area contributed by atoms with E-state index in [1.165, 1.54) is 31.4 Å². The summed E-state index contributed by atoms with van der Waals surface area (Å²) in [6.45, 7) is -0.394. The van der Waals surface area contributed by atoms with E-state index in [9.17, 15) is 24.5 Å². The molecule has 0 spiro atoms. The zero-order valence-corrected chi connectivity index (χ0v) is 23.3. The Bertz CT molecular complexity index is 1500. The van der Waals surface area contributed by atoms with E-state index in [4.69, 9.17) is 21.1 Å². The third kappa shape index (κ3) is 6.77. The van der Waals surface area contributed by atoms with E-state index in [0.717, 1.165) is 10.5 Å². The summed E-state index contributed by atoms with van der Waals surface area (Å²) >= 11 is 9.85. The van der Waals surface area contributed by atoms with Crippen molar-refractivity contribution in [2.24, 2.45) is 0 Å². The van der Waals surface area contributed by atoms with Gasteiger partial charge in [0, 0.05) is 10.2 Å². The molecular weight excluding hydrogens is 614 g/mol. The Morgan fingerprint density at radius 2 is 1.90 bits per heavy atom. The van der Waals surface area contributed by atoms with Crippen LogP contribution in [0.2, 0.25) is 5.02 Å².